The molecule has 7 heteroatoms. The summed E-state index contributed by atoms with van der Waals surface area (Å²) in [7, 11) is 1.62. The summed E-state index contributed by atoms with van der Waals surface area (Å²) in [4.78, 5) is 31.5. The van der Waals surface area contributed by atoms with Crippen molar-refractivity contribution in [2.24, 2.45) is 0 Å². The Morgan fingerprint density at radius 1 is 1.14 bits per heavy atom. The van der Waals surface area contributed by atoms with Gasteiger partial charge >= 0.3 is 5.69 Å². The van der Waals surface area contributed by atoms with E-state index in [1.807, 2.05) is 36.4 Å². The monoisotopic (exact) mass is 373 g/mol. The third kappa shape index (κ3) is 2.51. The molecule has 1 atom stereocenters. The maximum atomic E-state index is 12.0. The zero-order chi connectivity index (χ0) is 19.3. The summed E-state index contributed by atoms with van der Waals surface area (Å²) in [5.41, 5.74) is 5.91. The van der Waals surface area contributed by atoms with Crippen LogP contribution in [0.3, 0.4) is 0 Å². The molecule has 2 aliphatic rings. The summed E-state index contributed by atoms with van der Waals surface area (Å²) in [5, 5.41) is 6.21. The van der Waals surface area contributed by atoms with Gasteiger partial charge in [-0.3, -0.25) is 4.79 Å². The number of anilines is 3. The van der Waals surface area contributed by atoms with Gasteiger partial charge in [0.1, 0.15) is 6.17 Å². The first kappa shape index (κ1) is 16.4. The van der Waals surface area contributed by atoms with Crippen molar-refractivity contribution in [2.75, 3.05) is 17.3 Å². The van der Waals surface area contributed by atoms with Crippen LogP contribution in [0, 0.1) is 0 Å². The molecule has 140 valence electrons. The number of carbonyl (C=O) groups is 1. The molecule has 1 aliphatic carbocycles. The molecule has 0 bridgehead atoms. The number of benzene rings is 2. The Morgan fingerprint density at radius 3 is 2.79 bits per heavy atom. The van der Waals surface area contributed by atoms with Gasteiger partial charge in [-0.05, 0) is 48.4 Å². The van der Waals surface area contributed by atoms with Gasteiger partial charge in [-0.1, -0.05) is 18.2 Å². The summed E-state index contributed by atoms with van der Waals surface area (Å²) < 4.78 is 0. The molecule has 5 rings (SSSR count). The number of aromatic nitrogens is 2. The minimum absolute atomic E-state index is 0.0863. The molecule has 0 saturated heterocycles. The average Bonchev–Trinajstić information content (AvgIpc) is 3.42. The van der Waals surface area contributed by atoms with Gasteiger partial charge in [-0.15, -0.1) is 0 Å². The van der Waals surface area contributed by atoms with E-state index in [1.54, 1.807) is 7.05 Å². The van der Waals surface area contributed by atoms with Crippen LogP contribution in [0.5, 0.6) is 0 Å². The number of fused-ring (bicyclic) bond motifs is 2. The van der Waals surface area contributed by atoms with E-state index in [4.69, 9.17) is 0 Å². The molecular weight excluding hydrogens is 354 g/mol. The van der Waals surface area contributed by atoms with Crippen LogP contribution in [0.2, 0.25) is 0 Å². The summed E-state index contributed by atoms with van der Waals surface area (Å²) in [6.07, 6.45) is 7.25. The SMILES string of the molecule is CNC(=O)c1ccc2c(c1)NC(C1=CCC=C1)N2c1ccc2[nH]c(=O)[nH]c2c1. The molecule has 4 N–H and O–H groups in total. The van der Waals surface area contributed by atoms with Crippen molar-refractivity contribution >= 4 is 34.0 Å². The lowest BCUT2D eigenvalue weighted by molar-refractivity contribution is 0.0963. The summed E-state index contributed by atoms with van der Waals surface area (Å²) >= 11 is 0. The molecule has 7 nitrogen and oxygen atoms in total. The lowest BCUT2D eigenvalue weighted by Gasteiger charge is -2.27. The Hall–Kier alpha value is -3.74. The quantitative estimate of drug-likeness (QED) is 0.568. The minimum atomic E-state index is -0.222. The molecule has 0 saturated carbocycles. The van der Waals surface area contributed by atoms with Crippen molar-refractivity contribution in [3.63, 3.8) is 0 Å². The third-order valence-electron chi connectivity index (χ3n) is 5.19. The van der Waals surface area contributed by atoms with Gasteiger partial charge in [0.05, 0.1) is 22.4 Å². The van der Waals surface area contributed by atoms with Gasteiger partial charge in [0.2, 0.25) is 0 Å². The van der Waals surface area contributed by atoms with Crippen LogP contribution >= 0.6 is 0 Å². The number of H-pyrrole nitrogens is 2. The molecule has 2 aromatic carbocycles. The molecule has 0 radical (unpaired) electrons. The number of nitrogens with zero attached hydrogens (tertiary/aromatic N) is 1. The largest absolute Gasteiger partial charge is 0.359 e. The number of nitrogens with one attached hydrogen (secondary N) is 4. The average molecular weight is 373 g/mol. The van der Waals surface area contributed by atoms with E-state index in [-0.39, 0.29) is 17.8 Å². The maximum absolute atomic E-state index is 12.0. The first-order chi connectivity index (χ1) is 13.6. The smallest absolute Gasteiger partial charge is 0.323 e. The normalized spacial score (nSPS) is 17.5. The van der Waals surface area contributed by atoms with Gasteiger partial charge in [0.15, 0.2) is 0 Å². The number of hydrogen-bond acceptors (Lipinski definition) is 4. The number of amides is 1. The molecule has 1 amide bonds. The Labute approximate surface area is 160 Å². The minimum Gasteiger partial charge on any atom is -0.359 e. The third-order valence-corrected chi connectivity index (χ3v) is 5.19. The topological polar surface area (TPSA) is 93.0 Å². The lowest BCUT2D eigenvalue weighted by atomic mass is 10.1. The standard InChI is InChI=1S/C21H19N5O2/c1-22-20(27)13-6-9-18-17(10-13)23-19(12-4-2-3-5-12)26(18)14-7-8-15-16(11-14)25-21(28)24-15/h2,4-11,19,23H,3H2,1H3,(H,22,27)(H2,24,25,28). The molecule has 0 fully saturated rings. The fourth-order valence-corrected chi connectivity index (χ4v) is 3.87. The zero-order valence-corrected chi connectivity index (χ0v) is 15.2. The molecule has 1 aromatic heterocycles. The van der Waals surface area contributed by atoms with Crippen molar-refractivity contribution in [2.45, 2.75) is 12.6 Å². The first-order valence-electron chi connectivity index (χ1n) is 9.14. The highest BCUT2D eigenvalue weighted by Crippen LogP contribution is 2.43. The van der Waals surface area contributed by atoms with Crippen molar-refractivity contribution < 1.29 is 4.79 Å². The second kappa shape index (κ2) is 6.16. The van der Waals surface area contributed by atoms with Crippen LogP contribution < -0.4 is 21.2 Å². The van der Waals surface area contributed by atoms with Crippen molar-refractivity contribution in [1.29, 1.82) is 0 Å². The zero-order valence-electron chi connectivity index (χ0n) is 15.2. The van der Waals surface area contributed by atoms with Gasteiger partial charge in [-0.2, -0.15) is 0 Å². The number of aromatic amines is 2. The predicted molar refractivity (Wildman–Crippen MR) is 110 cm³/mol. The van der Waals surface area contributed by atoms with Crippen LogP contribution in [-0.4, -0.2) is 29.1 Å². The highest BCUT2D eigenvalue weighted by atomic mass is 16.1. The van der Waals surface area contributed by atoms with E-state index >= 15 is 0 Å². The Morgan fingerprint density at radius 2 is 2.00 bits per heavy atom. The number of carbonyl (C=O) groups excluding carboxylic acids is 1. The molecular formula is C21H19N5O2. The van der Waals surface area contributed by atoms with Crippen LogP contribution in [0.1, 0.15) is 16.8 Å². The first-order valence-corrected chi connectivity index (χ1v) is 9.14. The Bertz CT molecular complexity index is 1220. The van der Waals surface area contributed by atoms with E-state index in [1.165, 1.54) is 5.57 Å². The van der Waals surface area contributed by atoms with Crippen molar-refractivity contribution in [3.05, 3.63) is 76.2 Å². The number of hydrogen-bond donors (Lipinski definition) is 4. The second-order valence-corrected chi connectivity index (χ2v) is 6.88. The van der Waals surface area contributed by atoms with E-state index < -0.39 is 0 Å². The highest BCUT2D eigenvalue weighted by Gasteiger charge is 2.33. The Kier molecular flexibility index (Phi) is 3.61. The molecule has 28 heavy (non-hydrogen) atoms. The van der Waals surface area contributed by atoms with Crippen molar-refractivity contribution in [1.82, 2.24) is 15.3 Å². The summed E-state index contributed by atoms with van der Waals surface area (Å²) in [5.74, 6) is -0.120. The van der Waals surface area contributed by atoms with Crippen LogP contribution in [0.4, 0.5) is 17.1 Å². The highest BCUT2D eigenvalue weighted by molar-refractivity contribution is 5.98. The summed E-state index contributed by atoms with van der Waals surface area (Å²) in [6, 6.07) is 11.5. The van der Waals surface area contributed by atoms with E-state index in [0.717, 1.165) is 34.5 Å². The fourth-order valence-electron chi connectivity index (χ4n) is 3.87. The van der Waals surface area contributed by atoms with Crippen molar-refractivity contribution in [3.8, 4) is 0 Å². The molecule has 0 spiro atoms. The molecule has 1 unspecified atom stereocenters. The van der Waals surface area contributed by atoms with E-state index in [0.29, 0.717) is 5.56 Å². The second-order valence-electron chi connectivity index (χ2n) is 6.88. The van der Waals surface area contributed by atoms with Gasteiger partial charge in [0.25, 0.3) is 5.91 Å². The van der Waals surface area contributed by atoms with Crippen LogP contribution in [0.25, 0.3) is 11.0 Å². The molecule has 2 heterocycles. The lowest BCUT2D eigenvalue weighted by Crippen LogP contribution is -2.32. The Balaban J connectivity index is 1.64. The van der Waals surface area contributed by atoms with Crippen LogP contribution in [-0.2, 0) is 0 Å². The van der Waals surface area contributed by atoms with E-state index in [2.05, 4.69) is 43.7 Å². The maximum Gasteiger partial charge on any atom is 0.323 e. The fraction of sp³-hybridized carbons (Fsp3) is 0.143. The summed E-state index contributed by atoms with van der Waals surface area (Å²) in [6.45, 7) is 0. The molecule has 3 aromatic rings. The van der Waals surface area contributed by atoms with Crippen LogP contribution in [0.15, 0.2) is 65.0 Å². The van der Waals surface area contributed by atoms with Gasteiger partial charge in [-0.25, -0.2) is 4.79 Å². The predicted octanol–water partition coefficient (Wildman–Crippen LogP) is 2.99. The van der Waals surface area contributed by atoms with Gasteiger partial charge < -0.3 is 25.5 Å². The number of rotatable bonds is 3. The molecule has 1 aliphatic heterocycles. The number of allylic oxidation sites excluding steroid dienone is 2. The number of imidazole rings is 1. The van der Waals surface area contributed by atoms with Gasteiger partial charge in [0, 0.05) is 18.3 Å². The van der Waals surface area contributed by atoms with E-state index in [9.17, 15) is 9.59 Å².